The zero-order valence-electron chi connectivity index (χ0n) is 25.2. The third-order valence-electron chi connectivity index (χ3n) is 6.95. The predicted molar refractivity (Wildman–Crippen MR) is 171 cm³/mol. The van der Waals surface area contributed by atoms with Crippen molar-refractivity contribution in [3.63, 3.8) is 0 Å². The molecule has 0 heterocycles. The van der Waals surface area contributed by atoms with Gasteiger partial charge in [-0.15, -0.1) is 5.73 Å². The molecule has 1 spiro atoms. The van der Waals surface area contributed by atoms with Crippen molar-refractivity contribution < 1.29 is 0 Å². The van der Waals surface area contributed by atoms with E-state index in [9.17, 15) is 0 Å². The standard InChI is InChI=1S/C30H24.4C2H6/c1-21-13-5-2-10-20-28-29(21)24-16-11-12-19-27(24)30(28)25-17-8-3-6-14-22(25)23-15-7-4-9-18-26(23)30;4*1-2/h2,5-9,11-21H,3-4H2,1H3;4*1-2H3/b13-5-;;;;. The van der Waals surface area contributed by atoms with Crippen LogP contribution in [0.1, 0.15) is 86.3 Å². The van der Waals surface area contributed by atoms with Gasteiger partial charge in [0.1, 0.15) is 0 Å². The molecular weight excluding hydrogens is 456 g/mol. The van der Waals surface area contributed by atoms with Crippen molar-refractivity contribution in [2.24, 2.45) is 5.92 Å². The minimum atomic E-state index is -0.271. The molecule has 1 unspecified atom stereocenters. The first kappa shape index (κ1) is 30.9. The van der Waals surface area contributed by atoms with Gasteiger partial charge in [-0.1, -0.05) is 147 Å². The highest BCUT2D eigenvalue weighted by molar-refractivity contribution is 5.93. The van der Waals surface area contributed by atoms with Gasteiger partial charge in [0.15, 0.2) is 0 Å². The first-order chi connectivity index (χ1) is 18.8. The molecule has 0 saturated heterocycles. The zero-order valence-corrected chi connectivity index (χ0v) is 25.2. The topological polar surface area (TPSA) is 0 Å². The van der Waals surface area contributed by atoms with E-state index in [-0.39, 0.29) is 5.41 Å². The van der Waals surface area contributed by atoms with Crippen LogP contribution in [-0.4, -0.2) is 0 Å². The van der Waals surface area contributed by atoms with Crippen molar-refractivity contribution in [1.82, 2.24) is 0 Å². The Labute approximate surface area is 233 Å². The summed E-state index contributed by atoms with van der Waals surface area (Å²) in [6, 6.07) is 9.04. The van der Waals surface area contributed by atoms with Crippen LogP contribution >= 0.6 is 0 Å². The lowest BCUT2D eigenvalue weighted by Crippen LogP contribution is -2.28. The molecule has 1 atom stereocenters. The number of hydrogen-bond acceptors (Lipinski definition) is 0. The molecule has 0 heteroatoms. The van der Waals surface area contributed by atoms with Crippen molar-refractivity contribution in [2.45, 2.75) is 80.6 Å². The summed E-state index contributed by atoms with van der Waals surface area (Å²) in [5, 5.41) is 0. The van der Waals surface area contributed by atoms with Crippen LogP contribution in [0.15, 0.2) is 131 Å². The zero-order chi connectivity index (χ0) is 28.1. The van der Waals surface area contributed by atoms with Crippen molar-refractivity contribution in [1.29, 1.82) is 0 Å². The normalized spacial score (nSPS) is 20.9. The van der Waals surface area contributed by atoms with E-state index in [0.29, 0.717) is 5.92 Å². The summed E-state index contributed by atoms with van der Waals surface area (Å²) in [6.45, 7) is 18.3. The summed E-state index contributed by atoms with van der Waals surface area (Å²) < 4.78 is 0. The van der Waals surface area contributed by atoms with Gasteiger partial charge in [-0.05, 0) is 69.6 Å². The summed E-state index contributed by atoms with van der Waals surface area (Å²) in [6.07, 6.45) is 29.4. The van der Waals surface area contributed by atoms with Gasteiger partial charge in [0.2, 0.25) is 0 Å². The van der Waals surface area contributed by atoms with Crippen molar-refractivity contribution >= 4 is 5.57 Å². The fraction of sp³-hybridized carbons (Fsp3) is 0.342. The SMILES string of the molecule is CC.CC.CC.CC.CC1/C=C\C=C=CC2=C1c1ccccc1C21C2=C(C=CCC=C2)C2=C1C=CCC=C2. The van der Waals surface area contributed by atoms with E-state index in [1.807, 2.05) is 61.5 Å². The maximum atomic E-state index is 3.46. The van der Waals surface area contributed by atoms with E-state index in [1.165, 1.54) is 44.6 Å². The predicted octanol–water partition coefficient (Wildman–Crippen LogP) is 11.4. The second kappa shape index (κ2) is 15.2. The molecule has 0 N–H and O–H groups in total. The maximum absolute atomic E-state index is 3.46. The van der Waals surface area contributed by atoms with E-state index in [0.717, 1.165) is 12.8 Å². The Bertz CT molecular complexity index is 1220. The Morgan fingerprint density at radius 1 is 0.684 bits per heavy atom. The van der Waals surface area contributed by atoms with Gasteiger partial charge in [0, 0.05) is 5.92 Å². The number of benzene rings is 1. The van der Waals surface area contributed by atoms with Gasteiger partial charge in [-0.3, -0.25) is 0 Å². The third kappa shape index (κ3) is 5.16. The largest absolute Gasteiger partial charge is 0.120 e. The Kier molecular flexibility index (Phi) is 12.3. The highest BCUT2D eigenvalue weighted by atomic mass is 14.5. The minimum absolute atomic E-state index is 0.271. The van der Waals surface area contributed by atoms with Crippen molar-refractivity contribution in [3.8, 4) is 0 Å². The number of allylic oxidation sites excluding steroid dienone is 17. The van der Waals surface area contributed by atoms with Gasteiger partial charge in [0.05, 0.1) is 5.41 Å². The van der Waals surface area contributed by atoms with Gasteiger partial charge in [-0.25, -0.2) is 0 Å². The molecular formula is C38H48. The average molecular weight is 505 g/mol. The summed E-state index contributed by atoms with van der Waals surface area (Å²) in [5.74, 6) is 0.347. The average Bonchev–Trinajstić information content (AvgIpc) is 3.17. The first-order valence-electron chi connectivity index (χ1n) is 14.9. The Morgan fingerprint density at radius 3 is 1.79 bits per heavy atom. The van der Waals surface area contributed by atoms with Gasteiger partial charge >= 0.3 is 0 Å². The first-order valence-corrected chi connectivity index (χ1v) is 14.9. The smallest absolute Gasteiger partial charge is 0.0728 e. The number of hydrogen-bond donors (Lipinski definition) is 0. The lowest BCUT2D eigenvalue weighted by molar-refractivity contribution is 0.768. The molecule has 5 aliphatic carbocycles. The summed E-state index contributed by atoms with van der Waals surface area (Å²) >= 11 is 0. The molecule has 0 nitrogen and oxygen atoms in total. The number of rotatable bonds is 0. The minimum Gasteiger partial charge on any atom is -0.120 e. The Hall–Kier alpha value is -3.34. The number of fused-ring (bicyclic) bond motifs is 7. The van der Waals surface area contributed by atoms with Crippen LogP contribution in [0.25, 0.3) is 5.57 Å². The van der Waals surface area contributed by atoms with Crippen LogP contribution in [0.3, 0.4) is 0 Å². The van der Waals surface area contributed by atoms with Gasteiger partial charge < -0.3 is 0 Å². The highest BCUT2D eigenvalue weighted by Crippen LogP contribution is 2.63. The summed E-state index contributed by atoms with van der Waals surface area (Å²) in [7, 11) is 0. The highest BCUT2D eigenvalue weighted by Gasteiger charge is 2.53. The molecule has 0 radical (unpaired) electrons. The third-order valence-corrected chi connectivity index (χ3v) is 6.95. The van der Waals surface area contributed by atoms with E-state index < -0.39 is 0 Å². The van der Waals surface area contributed by atoms with Crippen LogP contribution in [0.2, 0.25) is 0 Å². The van der Waals surface area contributed by atoms with E-state index >= 15 is 0 Å². The maximum Gasteiger partial charge on any atom is 0.0728 e. The molecule has 0 bridgehead atoms. The molecule has 5 aliphatic rings. The summed E-state index contributed by atoms with van der Waals surface area (Å²) in [5.41, 5.74) is 14.4. The molecule has 0 fully saturated rings. The Balaban J connectivity index is 0.000000583. The lowest BCUT2D eigenvalue weighted by Gasteiger charge is -2.33. The van der Waals surface area contributed by atoms with Crippen molar-refractivity contribution in [3.05, 3.63) is 142 Å². The molecule has 0 aromatic heterocycles. The second-order valence-corrected chi connectivity index (χ2v) is 8.51. The van der Waals surface area contributed by atoms with E-state index in [2.05, 4.69) is 104 Å². The fourth-order valence-corrected chi connectivity index (χ4v) is 5.83. The second-order valence-electron chi connectivity index (χ2n) is 8.51. The van der Waals surface area contributed by atoms with Crippen molar-refractivity contribution in [2.75, 3.05) is 0 Å². The molecule has 1 aromatic rings. The summed E-state index contributed by atoms with van der Waals surface area (Å²) in [4.78, 5) is 0. The lowest BCUT2D eigenvalue weighted by atomic mass is 9.67. The van der Waals surface area contributed by atoms with Crippen LogP contribution in [0, 0.1) is 5.92 Å². The molecule has 1 aromatic carbocycles. The van der Waals surface area contributed by atoms with E-state index in [1.54, 1.807) is 0 Å². The molecule has 0 amide bonds. The molecule has 6 rings (SSSR count). The molecule has 0 saturated carbocycles. The molecule has 200 valence electrons. The molecule has 0 aliphatic heterocycles. The van der Waals surface area contributed by atoms with Gasteiger partial charge in [-0.2, -0.15) is 0 Å². The monoisotopic (exact) mass is 504 g/mol. The fourth-order valence-electron chi connectivity index (χ4n) is 5.83. The van der Waals surface area contributed by atoms with Crippen LogP contribution < -0.4 is 0 Å². The quantitative estimate of drug-likeness (QED) is 0.308. The van der Waals surface area contributed by atoms with Crippen LogP contribution in [0.5, 0.6) is 0 Å². The Morgan fingerprint density at radius 2 is 1.21 bits per heavy atom. The van der Waals surface area contributed by atoms with Crippen LogP contribution in [0.4, 0.5) is 0 Å². The molecule has 38 heavy (non-hydrogen) atoms. The van der Waals surface area contributed by atoms with E-state index in [4.69, 9.17) is 0 Å². The van der Waals surface area contributed by atoms with Crippen LogP contribution in [-0.2, 0) is 5.41 Å². The van der Waals surface area contributed by atoms with Gasteiger partial charge in [0.25, 0.3) is 0 Å².